The first-order valence-electron chi connectivity index (χ1n) is 5.49. The number of ether oxygens (including phenoxy) is 1. The summed E-state index contributed by atoms with van der Waals surface area (Å²) >= 11 is 0. The van der Waals surface area contributed by atoms with Crippen molar-refractivity contribution >= 4 is 6.09 Å². The van der Waals surface area contributed by atoms with Gasteiger partial charge < -0.3 is 10.5 Å². The minimum atomic E-state index is -0.689. The van der Waals surface area contributed by atoms with E-state index in [0.717, 1.165) is 25.7 Å². The van der Waals surface area contributed by atoms with Crippen LogP contribution in [0, 0.1) is 0 Å². The summed E-state index contributed by atoms with van der Waals surface area (Å²) in [5.74, 6) is 0. The van der Waals surface area contributed by atoms with E-state index in [9.17, 15) is 9.18 Å². The van der Waals surface area contributed by atoms with E-state index >= 15 is 0 Å². The molecule has 2 fully saturated rings. The Balaban J connectivity index is 1.70. The number of primary amides is 1. The Morgan fingerprint density at radius 3 is 2.33 bits per heavy atom. The van der Waals surface area contributed by atoms with Crippen LogP contribution in [0.1, 0.15) is 25.7 Å². The highest BCUT2D eigenvalue weighted by atomic mass is 19.1. The fourth-order valence-electron chi connectivity index (χ4n) is 2.45. The first-order chi connectivity index (χ1) is 7.15. The van der Waals surface area contributed by atoms with Crippen LogP contribution in [0.3, 0.4) is 0 Å². The molecule has 0 bridgehead atoms. The maximum absolute atomic E-state index is 12.6. The second-order valence-corrected chi connectivity index (χ2v) is 4.42. The summed E-state index contributed by atoms with van der Waals surface area (Å²) in [6.07, 6.45) is 2.30. The highest BCUT2D eigenvalue weighted by Crippen LogP contribution is 2.28. The number of rotatable bonds is 2. The molecular weight excluding hydrogens is 199 g/mol. The molecule has 86 valence electrons. The van der Waals surface area contributed by atoms with Gasteiger partial charge in [-0.1, -0.05) is 0 Å². The molecule has 0 aromatic heterocycles. The summed E-state index contributed by atoms with van der Waals surface area (Å²) in [5, 5.41) is 0. The number of halogens is 1. The molecule has 1 saturated carbocycles. The zero-order chi connectivity index (χ0) is 10.8. The number of hydrogen-bond donors (Lipinski definition) is 1. The lowest BCUT2D eigenvalue weighted by Gasteiger charge is -2.43. The molecule has 1 amide bonds. The summed E-state index contributed by atoms with van der Waals surface area (Å²) in [4.78, 5) is 12.7. The lowest BCUT2D eigenvalue weighted by molar-refractivity contribution is -0.00724. The third-order valence-corrected chi connectivity index (χ3v) is 3.31. The normalized spacial score (nSPS) is 33.4. The van der Waals surface area contributed by atoms with Gasteiger partial charge in [0.25, 0.3) is 0 Å². The largest absolute Gasteiger partial charge is 0.446 e. The molecule has 2 aliphatic rings. The molecule has 1 saturated heterocycles. The highest BCUT2D eigenvalue weighted by Gasteiger charge is 2.34. The number of carbonyl (C=O) groups is 1. The molecule has 1 aliphatic heterocycles. The number of alkyl halides is 1. The number of amides is 1. The molecule has 0 spiro atoms. The minimum Gasteiger partial charge on any atom is -0.446 e. The quantitative estimate of drug-likeness (QED) is 0.750. The molecule has 2 N–H and O–H groups in total. The van der Waals surface area contributed by atoms with Gasteiger partial charge >= 0.3 is 6.09 Å². The van der Waals surface area contributed by atoms with Gasteiger partial charge in [0.15, 0.2) is 0 Å². The molecule has 0 aromatic carbocycles. The van der Waals surface area contributed by atoms with Crippen molar-refractivity contribution in [2.75, 3.05) is 13.1 Å². The van der Waals surface area contributed by atoms with Crippen LogP contribution in [-0.4, -0.2) is 42.4 Å². The van der Waals surface area contributed by atoms with Crippen molar-refractivity contribution in [3.05, 3.63) is 0 Å². The third-order valence-electron chi connectivity index (χ3n) is 3.31. The second-order valence-electron chi connectivity index (χ2n) is 4.42. The van der Waals surface area contributed by atoms with E-state index in [-0.39, 0.29) is 6.10 Å². The molecule has 1 heterocycles. The van der Waals surface area contributed by atoms with Crippen LogP contribution in [0.2, 0.25) is 0 Å². The molecule has 15 heavy (non-hydrogen) atoms. The van der Waals surface area contributed by atoms with Crippen LogP contribution in [0.15, 0.2) is 0 Å². The van der Waals surface area contributed by atoms with Gasteiger partial charge in [-0.05, 0) is 25.7 Å². The Bertz CT molecular complexity index is 236. The summed E-state index contributed by atoms with van der Waals surface area (Å²) in [7, 11) is 0. The Morgan fingerprint density at radius 2 is 1.87 bits per heavy atom. The van der Waals surface area contributed by atoms with Crippen LogP contribution in [0.25, 0.3) is 0 Å². The van der Waals surface area contributed by atoms with Gasteiger partial charge in [-0.2, -0.15) is 0 Å². The first-order valence-corrected chi connectivity index (χ1v) is 5.49. The Morgan fingerprint density at radius 1 is 1.27 bits per heavy atom. The van der Waals surface area contributed by atoms with Gasteiger partial charge in [-0.25, -0.2) is 9.18 Å². The molecule has 0 radical (unpaired) electrons. The monoisotopic (exact) mass is 216 g/mol. The van der Waals surface area contributed by atoms with E-state index in [2.05, 4.69) is 4.90 Å². The van der Waals surface area contributed by atoms with Crippen molar-refractivity contribution in [1.82, 2.24) is 4.90 Å². The minimum absolute atomic E-state index is 0.0267. The molecule has 0 atom stereocenters. The lowest BCUT2D eigenvalue weighted by Crippen LogP contribution is -2.54. The van der Waals surface area contributed by atoms with Gasteiger partial charge in [0.1, 0.15) is 12.3 Å². The molecular formula is C10H17FN2O2. The van der Waals surface area contributed by atoms with E-state index in [1.54, 1.807) is 0 Å². The number of likely N-dealkylation sites (tertiary alicyclic amines) is 1. The summed E-state index contributed by atoms with van der Waals surface area (Å²) < 4.78 is 17.6. The van der Waals surface area contributed by atoms with Crippen molar-refractivity contribution in [1.29, 1.82) is 0 Å². The van der Waals surface area contributed by atoms with E-state index in [1.165, 1.54) is 0 Å². The predicted octanol–water partition coefficient (Wildman–Crippen LogP) is 1.05. The van der Waals surface area contributed by atoms with Crippen molar-refractivity contribution in [2.24, 2.45) is 5.73 Å². The standard InChI is InChI=1S/C10H17FN2O2/c11-7-5-13(6-7)8-1-3-9(4-2-8)15-10(12)14/h7-9H,1-6H2,(H2,12,14)/t8-,9-. The summed E-state index contributed by atoms with van der Waals surface area (Å²) in [6.45, 7) is 1.15. The molecule has 4 nitrogen and oxygen atoms in total. The number of nitrogens with two attached hydrogens (primary N) is 1. The van der Waals surface area contributed by atoms with E-state index < -0.39 is 12.3 Å². The average Bonchev–Trinajstić information content (AvgIpc) is 2.14. The first kappa shape index (κ1) is 10.7. The number of hydrogen-bond acceptors (Lipinski definition) is 3. The maximum atomic E-state index is 12.6. The second kappa shape index (κ2) is 4.35. The zero-order valence-electron chi connectivity index (χ0n) is 8.69. The fourth-order valence-corrected chi connectivity index (χ4v) is 2.45. The topological polar surface area (TPSA) is 55.6 Å². The number of carbonyl (C=O) groups excluding carboxylic acids is 1. The summed E-state index contributed by atoms with van der Waals surface area (Å²) in [5.41, 5.74) is 4.95. The van der Waals surface area contributed by atoms with Crippen molar-refractivity contribution in [2.45, 2.75) is 44.0 Å². The van der Waals surface area contributed by atoms with Gasteiger partial charge in [0.05, 0.1) is 0 Å². The molecule has 2 rings (SSSR count). The van der Waals surface area contributed by atoms with Crippen molar-refractivity contribution in [3.63, 3.8) is 0 Å². The number of nitrogens with zero attached hydrogens (tertiary/aromatic N) is 1. The van der Waals surface area contributed by atoms with Gasteiger partial charge in [0.2, 0.25) is 0 Å². The van der Waals surface area contributed by atoms with Crippen LogP contribution >= 0.6 is 0 Å². The lowest BCUT2D eigenvalue weighted by atomic mass is 9.90. The van der Waals surface area contributed by atoms with Gasteiger partial charge in [0, 0.05) is 19.1 Å². The smallest absolute Gasteiger partial charge is 0.404 e. The Kier molecular flexibility index (Phi) is 3.09. The van der Waals surface area contributed by atoms with E-state index in [4.69, 9.17) is 10.5 Å². The van der Waals surface area contributed by atoms with E-state index in [1.807, 2.05) is 0 Å². The predicted molar refractivity (Wildman–Crippen MR) is 53.2 cm³/mol. The van der Waals surface area contributed by atoms with Crippen LogP contribution in [0.5, 0.6) is 0 Å². The highest BCUT2D eigenvalue weighted by molar-refractivity contribution is 5.64. The van der Waals surface area contributed by atoms with E-state index in [0.29, 0.717) is 19.1 Å². The molecule has 0 aromatic rings. The van der Waals surface area contributed by atoms with Crippen LogP contribution in [0.4, 0.5) is 9.18 Å². The van der Waals surface area contributed by atoms with Crippen molar-refractivity contribution < 1.29 is 13.9 Å². The summed E-state index contributed by atoms with van der Waals surface area (Å²) in [6, 6.07) is 0.477. The van der Waals surface area contributed by atoms with Crippen LogP contribution < -0.4 is 5.73 Å². The molecule has 0 unspecified atom stereocenters. The average molecular weight is 216 g/mol. The Labute approximate surface area is 88.6 Å². The van der Waals surface area contributed by atoms with Gasteiger partial charge in [-0.3, -0.25) is 4.90 Å². The molecule has 1 aliphatic carbocycles. The van der Waals surface area contributed by atoms with Crippen molar-refractivity contribution in [3.8, 4) is 0 Å². The zero-order valence-corrected chi connectivity index (χ0v) is 8.69. The SMILES string of the molecule is NC(=O)O[C@H]1CC[C@H](N2CC(F)C2)CC1. The maximum Gasteiger partial charge on any atom is 0.404 e. The van der Waals surface area contributed by atoms with Gasteiger partial charge in [-0.15, -0.1) is 0 Å². The molecule has 5 heteroatoms. The third kappa shape index (κ3) is 2.59. The van der Waals surface area contributed by atoms with Crippen LogP contribution in [-0.2, 0) is 4.74 Å². The fraction of sp³-hybridized carbons (Fsp3) is 0.900. The Hall–Kier alpha value is -0.840.